The number of hydrogen-bond acceptors (Lipinski definition) is 4. The Labute approximate surface area is 124 Å². The van der Waals surface area contributed by atoms with E-state index in [0.717, 1.165) is 24.6 Å². The van der Waals surface area contributed by atoms with Gasteiger partial charge in [0.15, 0.2) is 0 Å². The predicted molar refractivity (Wildman–Crippen MR) is 83.3 cm³/mol. The number of thiazole rings is 1. The lowest BCUT2D eigenvalue weighted by atomic mass is 9.96. The smallest absolute Gasteiger partial charge is 0.202 e. The predicted octanol–water partition coefficient (Wildman–Crippen LogP) is 3.64. The van der Waals surface area contributed by atoms with Gasteiger partial charge in [0.1, 0.15) is 0 Å². The maximum absolute atomic E-state index is 4.52. The Morgan fingerprint density at radius 1 is 1.35 bits per heavy atom. The van der Waals surface area contributed by atoms with Crippen molar-refractivity contribution >= 4 is 17.3 Å². The molecular weight excluding hydrogens is 268 g/mol. The van der Waals surface area contributed by atoms with Crippen molar-refractivity contribution in [1.82, 2.24) is 14.5 Å². The summed E-state index contributed by atoms with van der Waals surface area (Å²) in [4.78, 5) is 8.98. The van der Waals surface area contributed by atoms with Gasteiger partial charge in [-0.2, -0.15) is 0 Å². The van der Waals surface area contributed by atoms with E-state index in [9.17, 15) is 0 Å². The molecule has 2 aromatic rings. The van der Waals surface area contributed by atoms with Gasteiger partial charge < -0.3 is 9.88 Å². The summed E-state index contributed by atoms with van der Waals surface area (Å²) in [6.45, 7) is 3.00. The highest BCUT2D eigenvalue weighted by molar-refractivity contribution is 7.09. The van der Waals surface area contributed by atoms with E-state index in [0.29, 0.717) is 6.04 Å². The van der Waals surface area contributed by atoms with Crippen LogP contribution in [0.3, 0.4) is 0 Å². The van der Waals surface area contributed by atoms with Gasteiger partial charge in [0, 0.05) is 42.5 Å². The van der Waals surface area contributed by atoms with Crippen LogP contribution in [-0.4, -0.2) is 20.6 Å². The third-order valence-corrected chi connectivity index (χ3v) is 4.91. The maximum Gasteiger partial charge on any atom is 0.202 e. The Morgan fingerprint density at radius 3 is 2.95 bits per heavy atom. The molecule has 0 amide bonds. The Hall–Kier alpha value is -1.36. The summed E-state index contributed by atoms with van der Waals surface area (Å²) in [5, 5.41) is 6.93. The number of aromatic nitrogens is 3. The number of nitrogens with one attached hydrogen (secondary N) is 1. The molecule has 1 N–H and O–H groups in total. The molecule has 20 heavy (non-hydrogen) atoms. The molecular formula is C15H22N4S. The van der Waals surface area contributed by atoms with Crippen LogP contribution < -0.4 is 5.32 Å². The minimum absolute atomic E-state index is 0.604. The van der Waals surface area contributed by atoms with Gasteiger partial charge in [-0.05, 0) is 19.8 Å². The summed E-state index contributed by atoms with van der Waals surface area (Å²) in [6.07, 6.45) is 11.6. The molecule has 0 spiro atoms. The highest BCUT2D eigenvalue weighted by Gasteiger charge is 2.15. The van der Waals surface area contributed by atoms with Gasteiger partial charge in [-0.1, -0.05) is 19.3 Å². The van der Waals surface area contributed by atoms with Crippen molar-refractivity contribution in [1.29, 1.82) is 0 Å². The summed E-state index contributed by atoms with van der Waals surface area (Å²) >= 11 is 1.75. The Kier molecular flexibility index (Phi) is 4.35. The van der Waals surface area contributed by atoms with Crippen LogP contribution in [0, 0.1) is 6.92 Å². The van der Waals surface area contributed by atoms with Crippen molar-refractivity contribution < 1.29 is 0 Å². The zero-order valence-electron chi connectivity index (χ0n) is 12.0. The Morgan fingerprint density at radius 2 is 2.20 bits per heavy atom. The molecule has 0 radical (unpaired) electrons. The first kappa shape index (κ1) is 13.6. The van der Waals surface area contributed by atoms with Crippen LogP contribution in [0.15, 0.2) is 17.8 Å². The van der Waals surface area contributed by atoms with Gasteiger partial charge in [-0.15, -0.1) is 11.3 Å². The molecule has 1 aliphatic carbocycles. The first-order chi connectivity index (χ1) is 9.81. The Bertz CT molecular complexity index is 540. The number of nitrogens with zero attached hydrogens (tertiary/aromatic N) is 3. The van der Waals surface area contributed by atoms with Crippen molar-refractivity contribution in [2.24, 2.45) is 0 Å². The zero-order valence-corrected chi connectivity index (χ0v) is 12.8. The van der Waals surface area contributed by atoms with E-state index in [2.05, 4.69) is 31.4 Å². The van der Waals surface area contributed by atoms with Crippen LogP contribution in [-0.2, 0) is 13.0 Å². The molecule has 108 valence electrons. The molecule has 2 aromatic heterocycles. The quantitative estimate of drug-likeness (QED) is 0.914. The van der Waals surface area contributed by atoms with Gasteiger partial charge in [0.2, 0.25) is 5.95 Å². The summed E-state index contributed by atoms with van der Waals surface area (Å²) < 4.78 is 2.21. The monoisotopic (exact) mass is 290 g/mol. The standard InChI is InChI=1S/C15H22N4S/c1-12-11-20-14(17-12)7-9-19-10-8-16-15(19)18-13-5-3-2-4-6-13/h8,10-11,13H,2-7,9H2,1H3,(H,16,18). The molecule has 1 saturated carbocycles. The van der Waals surface area contributed by atoms with Crippen LogP contribution in [0.25, 0.3) is 0 Å². The topological polar surface area (TPSA) is 42.7 Å². The third kappa shape index (κ3) is 3.39. The average Bonchev–Trinajstić information content (AvgIpc) is 3.07. The summed E-state index contributed by atoms with van der Waals surface area (Å²) in [6, 6.07) is 0.604. The zero-order chi connectivity index (χ0) is 13.8. The van der Waals surface area contributed by atoms with Crippen molar-refractivity contribution in [3.63, 3.8) is 0 Å². The lowest BCUT2D eigenvalue weighted by Gasteiger charge is -2.23. The maximum atomic E-state index is 4.52. The van der Waals surface area contributed by atoms with Gasteiger partial charge in [-0.3, -0.25) is 0 Å². The molecule has 0 unspecified atom stereocenters. The van der Waals surface area contributed by atoms with Crippen LogP contribution in [0.1, 0.15) is 42.8 Å². The molecule has 0 bridgehead atoms. The second-order valence-corrected chi connectivity index (χ2v) is 6.50. The largest absolute Gasteiger partial charge is 0.353 e. The lowest BCUT2D eigenvalue weighted by molar-refractivity contribution is 0.459. The fourth-order valence-corrected chi connectivity index (χ4v) is 3.56. The number of rotatable bonds is 5. The van der Waals surface area contributed by atoms with E-state index in [-0.39, 0.29) is 0 Å². The summed E-state index contributed by atoms with van der Waals surface area (Å²) in [5.41, 5.74) is 1.12. The van der Waals surface area contributed by atoms with Crippen molar-refractivity contribution in [2.75, 3.05) is 5.32 Å². The van der Waals surface area contributed by atoms with Gasteiger partial charge in [0.05, 0.1) is 5.01 Å². The molecule has 3 rings (SSSR count). The highest BCUT2D eigenvalue weighted by atomic mass is 32.1. The first-order valence-corrected chi connectivity index (χ1v) is 8.38. The SMILES string of the molecule is Cc1csc(CCn2ccnc2NC2CCCCC2)n1. The molecule has 0 aliphatic heterocycles. The van der Waals surface area contributed by atoms with Gasteiger partial charge in [-0.25, -0.2) is 9.97 Å². The molecule has 5 heteroatoms. The number of aryl methyl sites for hydroxylation is 3. The summed E-state index contributed by atoms with van der Waals surface area (Å²) in [7, 11) is 0. The fourth-order valence-electron chi connectivity index (χ4n) is 2.79. The molecule has 0 saturated heterocycles. The minimum Gasteiger partial charge on any atom is -0.353 e. The third-order valence-electron chi connectivity index (χ3n) is 3.89. The fraction of sp³-hybridized carbons (Fsp3) is 0.600. The van der Waals surface area contributed by atoms with Gasteiger partial charge in [0.25, 0.3) is 0 Å². The van der Waals surface area contributed by atoms with Crippen LogP contribution in [0.2, 0.25) is 0 Å². The van der Waals surface area contributed by atoms with E-state index in [1.54, 1.807) is 11.3 Å². The highest BCUT2D eigenvalue weighted by Crippen LogP contribution is 2.21. The van der Waals surface area contributed by atoms with Crippen LogP contribution in [0.5, 0.6) is 0 Å². The second-order valence-electron chi connectivity index (χ2n) is 5.56. The lowest BCUT2D eigenvalue weighted by Crippen LogP contribution is -2.24. The molecule has 1 fully saturated rings. The normalized spacial score (nSPS) is 16.4. The van der Waals surface area contributed by atoms with E-state index in [1.807, 2.05) is 13.1 Å². The van der Waals surface area contributed by atoms with E-state index >= 15 is 0 Å². The van der Waals surface area contributed by atoms with E-state index in [1.165, 1.54) is 37.1 Å². The molecule has 2 heterocycles. The van der Waals surface area contributed by atoms with Crippen molar-refractivity contribution in [3.8, 4) is 0 Å². The van der Waals surface area contributed by atoms with Crippen LogP contribution in [0.4, 0.5) is 5.95 Å². The van der Waals surface area contributed by atoms with Gasteiger partial charge >= 0.3 is 0 Å². The number of hydrogen-bond donors (Lipinski definition) is 1. The minimum atomic E-state index is 0.604. The second kappa shape index (κ2) is 6.39. The molecule has 0 atom stereocenters. The molecule has 0 aromatic carbocycles. The molecule has 4 nitrogen and oxygen atoms in total. The van der Waals surface area contributed by atoms with Crippen molar-refractivity contribution in [3.05, 3.63) is 28.5 Å². The molecule has 1 aliphatic rings. The number of anilines is 1. The Balaban J connectivity index is 1.58. The van der Waals surface area contributed by atoms with E-state index in [4.69, 9.17) is 0 Å². The first-order valence-electron chi connectivity index (χ1n) is 7.50. The summed E-state index contributed by atoms with van der Waals surface area (Å²) in [5.74, 6) is 1.02. The number of imidazole rings is 1. The van der Waals surface area contributed by atoms with Crippen LogP contribution >= 0.6 is 11.3 Å². The van der Waals surface area contributed by atoms with E-state index < -0.39 is 0 Å². The average molecular weight is 290 g/mol. The van der Waals surface area contributed by atoms with Crippen molar-refractivity contribution in [2.45, 2.75) is 58.0 Å².